The number of hydrogen-bond donors (Lipinski definition) is 21. The maximum atomic E-state index is 11.6. The second-order valence-corrected chi connectivity index (χ2v) is 37.5. The van der Waals surface area contributed by atoms with Crippen molar-refractivity contribution in [3.05, 3.63) is 348 Å². The summed E-state index contributed by atoms with van der Waals surface area (Å²) in [5.74, 6) is -3.81. The summed E-state index contributed by atoms with van der Waals surface area (Å²) in [6, 6.07) is 82.6. The van der Waals surface area contributed by atoms with E-state index in [-0.39, 0.29) is 18.6 Å². The number of aliphatic hydroxyl groups excluding tert-OH is 1. The number of benzene rings is 11. The van der Waals surface area contributed by atoms with Crippen molar-refractivity contribution in [3.8, 4) is 0 Å². The zero-order chi connectivity index (χ0) is 102. The molecular formula is C100H131B4N7O22P2. The van der Waals surface area contributed by atoms with E-state index < -0.39 is 84.7 Å². The fraction of sp³-hybridized carbons (Fsp3) is 0.240. The molecule has 0 aliphatic carbocycles. The van der Waals surface area contributed by atoms with Gasteiger partial charge in [-0.15, -0.1) is 6.58 Å². The van der Waals surface area contributed by atoms with Crippen molar-refractivity contribution in [1.29, 1.82) is 0 Å². The molecule has 0 bridgehead atoms. The van der Waals surface area contributed by atoms with Crippen LogP contribution >= 0.6 is 14.3 Å². The van der Waals surface area contributed by atoms with Gasteiger partial charge in [-0.1, -0.05) is 202 Å². The number of aliphatic hydroxyl groups is 1. The Labute approximate surface area is 794 Å². The number of nitrogens with one attached hydrogen (secondary N) is 6. The predicted molar refractivity (Wildman–Crippen MR) is 553 cm³/mol. The molecule has 22 N–H and O–H groups in total. The molecule has 0 fully saturated rings. The number of carboxylic acids is 5. The lowest BCUT2D eigenvalue weighted by molar-refractivity contribution is -0.139. The Kier molecular flexibility index (Phi) is 59.8. The Morgan fingerprint density at radius 2 is 0.741 bits per heavy atom. The number of hydrogen-bond acceptors (Lipinski definition) is 24. The molecule has 0 aliphatic rings. The lowest BCUT2D eigenvalue weighted by Crippen LogP contribution is -2.32. The molecule has 11 aromatic carbocycles. The summed E-state index contributed by atoms with van der Waals surface area (Å²) < 4.78 is 23.1. The Balaban J connectivity index is 0.000000744. The van der Waals surface area contributed by atoms with Crippen molar-refractivity contribution >= 4 is 146 Å². The third-order valence-electron chi connectivity index (χ3n) is 18.8. The van der Waals surface area contributed by atoms with Gasteiger partial charge in [0.05, 0.1) is 18.8 Å². The quantitative estimate of drug-likeness (QED) is 0.00631. The van der Waals surface area contributed by atoms with Gasteiger partial charge < -0.3 is 118 Å². The number of nitrogens with two attached hydrogens (primary N) is 1. The fourth-order valence-electron chi connectivity index (χ4n) is 11.0. The number of rotatable bonds is 31. The van der Waals surface area contributed by atoms with Crippen molar-refractivity contribution < 1.29 is 109 Å². The Hall–Kier alpha value is -13.0. The number of carboxylic acid groups (broad SMARTS) is 5. The van der Waals surface area contributed by atoms with E-state index in [1.165, 1.54) is 30.2 Å². The van der Waals surface area contributed by atoms with Gasteiger partial charge in [-0.25, -0.2) is 9.59 Å². The number of aryl methyl sites for hydroxylation is 2. The smallest absolute Gasteiger partial charge is 0.481 e. The Morgan fingerprint density at radius 3 is 1.04 bits per heavy atom. The molecule has 0 amide bonds. The molecule has 0 spiro atoms. The van der Waals surface area contributed by atoms with Gasteiger partial charge in [0.25, 0.3) is 0 Å². The molecule has 35 heteroatoms. The third kappa shape index (κ3) is 56.0. The summed E-state index contributed by atoms with van der Waals surface area (Å²) in [6.07, 6.45) is 7.85. The molecule has 29 nitrogen and oxygen atoms in total. The number of ketones is 1. The molecule has 11 aromatic rings. The first-order chi connectivity index (χ1) is 63.8. The van der Waals surface area contributed by atoms with Crippen LogP contribution < -0.4 is 64.8 Å². The molecule has 135 heavy (non-hydrogen) atoms. The molecule has 0 saturated heterocycles. The standard InChI is InChI=1S/C11H15NO2.C10H13BO3.C10H14N2O2.C10H13NO2.C10H11NO2.C10H16NOP.C9H13BO2.C9H14NOP.C8H9BO3.C7H6O2.C6H7BO2/c1-12-10-7-5-9(6-8-10)3-2-4-11(13)14;1-2-3-10(12)8-4-6-9(7-5-8)11(13)14;1-12-8-4-2-7(3-5-8)6-9(11)10(13)14;2*1-11-9-5-2-8(3-6-9)4-7-10(12)13;1-11-10-6-4-9(5-7-10)8-13(2,3)12;1-7(2)8-3-5-9(6-4-8)10(11)12;1-10-8-4-6-9(7-5-8)12(2,3)11;1-6(10)7-2-4-8(5-3-7)9(11)12;2*8-7(9)6-4-2-1-3-5-6/h5-8,12H,2-4H2,1H3,(H,13,14);2,4-7,10,12-14H,1,3H2;2-5,9,12H,6,11H2,1H3,(H,13,14);2-3,5-6,11H,4,7H2,1H3,(H,12,13);2-7,11H,1H3,(H,12,13);4-7,11H,8H2,1-3H3;3-7,11-12H,1-2H3;4-7,10H,1-3H3;2-5,11-12H,1H3;1-5H,(H,8,9);1-5,8-9H/b;;;;7-4+;;;;;;. The van der Waals surface area contributed by atoms with Crippen molar-refractivity contribution in [2.24, 2.45) is 5.73 Å². The Bertz CT molecular complexity index is 5280. The molecule has 0 saturated carbocycles. The minimum Gasteiger partial charge on any atom is -0.481 e. The van der Waals surface area contributed by atoms with Crippen LogP contribution in [0.5, 0.6) is 0 Å². The second-order valence-electron chi connectivity index (χ2n) is 30.8. The highest BCUT2D eigenvalue weighted by molar-refractivity contribution is 7.70. The van der Waals surface area contributed by atoms with Gasteiger partial charge in [-0.3, -0.25) is 19.2 Å². The van der Waals surface area contributed by atoms with Crippen molar-refractivity contribution in [2.75, 3.05) is 101 Å². The molecule has 0 radical (unpaired) electrons. The van der Waals surface area contributed by atoms with Crippen LogP contribution in [0, 0.1) is 0 Å². The molecule has 0 aliphatic heterocycles. The lowest BCUT2D eigenvalue weighted by atomic mass is 9.79. The molecule has 0 heterocycles. The summed E-state index contributed by atoms with van der Waals surface area (Å²) in [7, 11) is 1.52. The highest BCUT2D eigenvalue weighted by atomic mass is 31.2. The van der Waals surface area contributed by atoms with Crippen LogP contribution in [-0.2, 0) is 53.7 Å². The second kappa shape index (κ2) is 67.3. The normalized spacial score (nSPS) is 10.5. The zero-order valence-electron chi connectivity index (χ0n) is 78.7. The SMILES string of the molecule is C=CCC(O)c1ccc(B(O)O)cc1.CC(=O)c1ccc(B(O)O)cc1.CC(C)c1ccc(B(O)O)cc1.CNc1ccc(/C=C/C(=O)O)cc1.CNc1ccc(CC(N)C(=O)O)cc1.CNc1ccc(CCC(=O)O)cc1.CNc1ccc(CCCC(=O)O)cc1.CNc1ccc(CP(C)(C)=O)cc1.CNc1ccc(P(C)(C)=O)cc1.O=C(O)c1ccccc1.OB(O)c1ccccc1. The van der Waals surface area contributed by atoms with Crippen LogP contribution in [0.3, 0.4) is 0 Å². The first-order valence-corrected chi connectivity index (χ1v) is 48.1. The largest absolute Gasteiger partial charge is 0.488 e. The number of aliphatic carboxylic acids is 4. The predicted octanol–water partition coefficient (Wildman–Crippen LogP) is 12.0. The van der Waals surface area contributed by atoms with E-state index in [2.05, 4.69) is 52.3 Å². The number of carbonyl (C=O) groups excluding carboxylic acids is 1. The fourth-order valence-corrected chi connectivity index (χ4v) is 12.9. The van der Waals surface area contributed by atoms with Crippen LogP contribution in [0.15, 0.2) is 298 Å². The topological polar surface area (TPSA) is 518 Å². The van der Waals surface area contributed by atoms with E-state index in [1.54, 1.807) is 129 Å². The minimum atomic E-state index is -2.08. The van der Waals surface area contributed by atoms with E-state index in [1.807, 2.05) is 219 Å². The maximum absolute atomic E-state index is 11.6. The average Bonchev–Trinajstić information content (AvgIpc) is 0.852. The van der Waals surface area contributed by atoms with Crippen LogP contribution in [0.2, 0.25) is 0 Å². The molecule has 720 valence electrons. The van der Waals surface area contributed by atoms with E-state index in [9.17, 15) is 43.0 Å². The third-order valence-corrected chi connectivity index (χ3v) is 21.5. The number of Topliss-reactive ketones (excluding diaryl/α,β-unsaturated/α-hetero) is 1. The van der Waals surface area contributed by atoms with Gasteiger partial charge in [0, 0.05) is 112 Å². The van der Waals surface area contributed by atoms with Crippen LogP contribution in [0.1, 0.15) is 118 Å². The highest BCUT2D eigenvalue weighted by Crippen LogP contribution is 2.40. The van der Waals surface area contributed by atoms with E-state index in [4.69, 9.17) is 71.5 Å². The molecule has 11 rings (SSSR count). The lowest BCUT2D eigenvalue weighted by Gasteiger charge is -2.08. The van der Waals surface area contributed by atoms with Gasteiger partial charge in [0.2, 0.25) is 0 Å². The van der Waals surface area contributed by atoms with E-state index >= 15 is 0 Å². The van der Waals surface area contributed by atoms with Gasteiger partial charge in [-0.2, -0.15) is 0 Å². The van der Waals surface area contributed by atoms with Crippen molar-refractivity contribution in [1.82, 2.24) is 0 Å². The summed E-state index contributed by atoms with van der Waals surface area (Å²) in [5.41, 5.74) is 21.6. The highest BCUT2D eigenvalue weighted by Gasteiger charge is 2.17. The Morgan fingerprint density at radius 1 is 0.407 bits per heavy atom. The minimum absolute atomic E-state index is 0.0334. The zero-order valence-corrected chi connectivity index (χ0v) is 80.5. The van der Waals surface area contributed by atoms with E-state index in [0.29, 0.717) is 70.7 Å². The van der Waals surface area contributed by atoms with Crippen LogP contribution in [0.4, 0.5) is 34.1 Å². The average molecular weight is 1890 g/mol. The van der Waals surface area contributed by atoms with E-state index in [0.717, 1.165) is 79.7 Å². The number of aromatic carboxylic acids is 1. The van der Waals surface area contributed by atoms with Gasteiger partial charge in [-0.05, 0) is 236 Å². The molecule has 2 unspecified atom stereocenters. The monoisotopic (exact) mass is 1890 g/mol. The maximum Gasteiger partial charge on any atom is 0.488 e. The molecule has 2 atom stereocenters. The van der Waals surface area contributed by atoms with Gasteiger partial charge in [0.1, 0.15) is 13.2 Å². The first-order valence-electron chi connectivity index (χ1n) is 42.7. The van der Waals surface area contributed by atoms with Crippen LogP contribution in [0.25, 0.3) is 6.08 Å². The summed E-state index contributed by atoms with van der Waals surface area (Å²) in [4.78, 5) is 62.3. The van der Waals surface area contributed by atoms with Crippen molar-refractivity contribution in [3.63, 3.8) is 0 Å². The molecule has 0 aromatic heterocycles. The van der Waals surface area contributed by atoms with Crippen LogP contribution in [-0.4, -0.2) is 210 Å². The number of anilines is 6. The summed E-state index contributed by atoms with van der Waals surface area (Å²) >= 11 is 0. The summed E-state index contributed by atoms with van der Waals surface area (Å²) in [6.45, 7) is 16.4. The molecular weight excluding hydrogens is 1760 g/mol. The first kappa shape index (κ1) is 120. The summed E-state index contributed by atoms with van der Waals surface area (Å²) in [5, 5.41) is 141. The van der Waals surface area contributed by atoms with Crippen molar-refractivity contribution in [2.45, 2.75) is 89.9 Å². The van der Waals surface area contributed by atoms with Gasteiger partial charge in [0.15, 0.2) is 5.78 Å². The number of carbonyl (C=O) groups is 6. The van der Waals surface area contributed by atoms with Gasteiger partial charge >= 0.3 is 58.3 Å².